The molecule has 0 radical (unpaired) electrons. The first-order chi connectivity index (χ1) is 15.8. The highest BCUT2D eigenvalue weighted by Gasteiger charge is 2.36. The van der Waals surface area contributed by atoms with Gasteiger partial charge in [-0.1, -0.05) is 12.1 Å². The summed E-state index contributed by atoms with van der Waals surface area (Å²) in [6.45, 7) is 2.05. The van der Waals surface area contributed by atoms with E-state index in [1.807, 2.05) is 30.5 Å². The Bertz CT molecular complexity index is 1290. The van der Waals surface area contributed by atoms with Crippen LogP contribution in [0.25, 0.3) is 22.3 Å². The molecule has 4 aromatic rings. The van der Waals surface area contributed by atoms with Crippen molar-refractivity contribution in [2.45, 2.75) is 37.3 Å². The van der Waals surface area contributed by atoms with Gasteiger partial charge in [0.1, 0.15) is 11.6 Å². The summed E-state index contributed by atoms with van der Waals surface area (Å²) in [7, 11) is 0. The van der Waals surface area contributed by atoms with Crippen molar-refractivity contribution in [3.63, 3.8) is 0 Å². The van der Waals surface area contributed by atoms with Gasteiger partial charge in [0.25, 0.3) is 0 Å². The van der Waals surface area contributed by atoms with E-state index in [0.717, 1.165) is 47.0 Å². The third kappa shape index (κ3) is 4.17. The number of benzene rings is 1. The van der Waals surface area contributed by atoms with Crippen LogP contribution in [-0.2, 0) is 0 Å². The Morgan fingerprint density at radius 2 is 1.76 bits per heavy atom. The molecule has 34 heavy (non-hydrogen) atoms. The van der Waals surface area contributed by atoms with E-state index in [2.05, 4.69) is 43.9 Å². The molecular formula is C24H26Cl2N8. The number of piperazine rings is 1. The molecule has 4 aliphatic rings. The third-order valence-electron chi connectivity index (χ3n) is 6.72. The van der Waals surface area contributed by atoms with Crippen molar-refractivity contribution in [3.8, 4) is 11.4 Å². The van der Waals surface area contributed by atoms with Gasteiger partial charge in [-0.25, -0.2) is 15.0 Å². The number of aromatic amines is 1. The van der Waals surface area contributed by atoms with E-state index in [1.54, 1.807) is 0 Å². The average molecular weight is 497 g/mol. The van der Waals surface area contributed by atoms with Gasteiger partial charge in [0.05, 0.1) is 5.52 Å². The number of piperidine rings is 1. The number of pyridine rings is 1. The van der Waals surface area contributed by atoms with Crippen LogP contribution >= 0.6 is 24.8 Å². The van der Waals surface area contributed by atoms with Gasteiger partial charge < -0.3 is 15.5 Å². The maximum Gasteiger partial charge on any atom is 0.163 e. The maximum atomic E-state index is 4.86. The third-order valence-corrected chi connectivity index (χ3v) is 6.72. The predicted octanol–water partition coefficient (Wildman–Crippen LogP) is 4.43. The molecule has 4 fully saturated rings. The Balaban J connectivity index is 0.00000120. The molecule has 8 rings (SSSR count). The number of H-pyrrole nitrogens is 1. The van der Waals surface area contributed by atoms with Gasteiger partial charge in [0.15, 0.2) is 11.6 Å². The largest absolute Gasteiger partial charge is 0.353 e. The summed E-state index contributed by atoms with van der Waals surface area (Å²) in [6.07, 6.45) is 5.64. The molecule has 176 valence electrons. The molecule has 8 nitrogen and oxygen atoms in total. The minimum Gasteiger partial charge on any atom is -0.353 e. The molecule has 1 aromatic carbocycles. The number of para-hydroxylation sites is 1. The Labute approximate surface area is 209 Å². The summed E-state index contributed by atoms with van der Waals surface area (Å²) in [5, 5.41) is 15.5. The molecule has 2 atom stereocenters. The molecule has 6 heterocycles. The monoisotopic (exact) mass is 496 g/mol. The number of nitrogens with zero attached hydrogens (tertiary/aromatic N) is 5. The topological polar surface area (TPSA) is 94.7 Å². The fourth-order valence-corrected chi connectivity index (χ4v) is 4.83. The molecule has 2 bridgehead atoms. The fourth-order valence-electron chi connectivity index (χ4n) is 4.83. The second-order valence-electron chi connectivity index (χ2n) is 9.13. The summed E-state index contributed by atoms with van der Waals surface area (Å²) < 4.78 is 0. The van der Waals surface area contributed by atoms with Crippen LogP contribution in [0.2, 0.25) is 0 Å². The fraction of sp³-hybridized carbons (Fsp3) is 0.333. The molecule has 2 unspecified atom stereocenters. The van der Waals surface area contributed by atoms with E-state index in [1.165, 1.54) is 25.0 Å². The second-order valence-corrected chi connectivity index (χ2v) is 9.13. The van der Waals surface area contributed by atoms with Gasteiger partial charge in [-0.05, 0) is 43.5 Å². The number of fused-ring (bicyclic) bond motifs is 3. The summed E-state index contributed by atoms with van der Waals surface area (Å²) in [4.78, 5) is 16.8. The lowest BCUT2D eigenvalue weighted by molar-refractivity contribution is 0.225. The molecule has 10 heteroatoms. The summed E-state index contributed by atoms with van der Waals surface area (Å²) in [6, 6.07) is 15.5. The highest BCUT2D eigenvalue weighted by Crippen LogP contribution is 2.40. The zero-order valence-electron chi connectivity index (χ0n) is 18.4. The zero-order valence-corrected chi connectivity index (χ0v) is 20.1. The van der Waals surface area contributed by atoms with Gasteiger partial charge in [0, 0.05) is 60.0 Å². The van der Waals surface area contributed by atoms with Crippen molar-refractivity contribution in [2.24, 2.45) is 0 Å². The van der Waals surface area contributed by atoms with Crippen LogP contribution in [0.4, 0.5) is 17.5 Å². The first-order valence-electron chi connectivity index (χ1n) is 11.3. The minimum atomic E-state index is 0. The Morgan fingerprint density at radius 3 is 2.50 bits per heavy atom. The maximum absolute atomic E-state index is 4.86. The number of anilines is 3. The molecule has 1 aliphatic carbocycles. The molecule has 0 amide bonds. The Morgan fingerprint density at radius 1 is 0.971 bits per heavy atom. The van der Waals surface area contributed by atoms with Crippen LogP contribution in [0.15, 0.2) is 48.7 Å². The van der Waals surface area contributed by atoms with Crippen LogP contribution in [0, 0.1) is 0 Å². The van der Waals surface area contributed by atoms with Gasteiger partial charge in [-0.15, -0.1) is 24.8 Å². The van der Waals surface area contributed by atoms with Crippen molar-refractivity contribution in [1.29, 1.82) is 0 Å². The zero-order chi connectivity index (χ0) is 21.1. The quantitative estimate of drug-likeness (QED) is 0.376. The molecular weight excluding hydrogens is 471 g/mol. The van der Waals surface area contributed by atoms with Crippen molar-refractivity contribution >= 4 is 53.2 Å². The SMILES string of the molecule is Cl.Cl.c1ccc2c(Nc3cc(C4CC4)[nH]n3)nc(-c3ccc(N4CC5CC(C4)N5)nc3)nc2c1. The lowest BCUT2D eigenvalue weighted by Gasteiger charge is -2.48. The summed E-state index contributed by atoms with van der Waals surface area (Å²) in [5.41, 5.74) is 2.99. The Hall–Kier alpha value is -2.94. The highest BCUT2D eigenvalue weighted by molar-refractivity contribution is 5.92. The highest BCUT2D eigenvalue weighted by atomic mass is 35.5. The second kappa shape index (κ2) is 9.02. The number of nitrogens with one attached hydrogen (secondary N) is 3. The first kappa shape index (κ1) is 22.8. The molecule has 3 aliphatic heterocycles. The summed E-state index contributed by atoms with van der Waals surface area (Å²) in [5.74, 6) is 3.85. The average Bonchev–Trinajstić information content (AvgIpc) is 3.57. The van der Waals surface area contributed by atoms with Gasteiger partial charge >= 0.3 is 0 Å². The normalized spacial score (nSPS) is 20.8. The molecule has 3 saturated heterocycles. The van der Waals surface area contributed by atoms with Crippen LogP contribution in [0.3, 0.4) is 0 Å². The van der Waals surface area contributed by atoms with Crippen molar-refractivity contribution < 1.29 is 0 Å². The molecule has 3 aromatic heterocycles. The number of halogens is 2. The van der Waals surface area contributed by atoms with E-state index in [0.29, 0.717) is 23.8 Å². The molecule has 1 saturated carbocycles. The van der Waals surface area contributed by atoms with Crippen LogP contribution in [0.5, 0.6) is 0 Å². The summed E-state index contributed by atoms with van der Waals surface area (Å²) >= 11 is 0. The van der Waals surface area contributed by atoms with E-state index in [4.69, 9.17) is 15.0 Å². The van der Waals surface area contributed by atoms with Crippen molar-refractivity contribution in [2.75, 3.05) is 23.3 Å². The number of hydrogen-bond acceptors (Lipinski definition) is 7. The van der Waals surface area contributed by atoms with Gasteiger partial charge in [0.2, 0.25) is 0 Å². The van der Waals surface area contributed by atoms with E-state index in [9.17, 15) is 0 Å². The predicted molar refractivity (Wildman–Crippen MR) is 139 cm³/mol. The van der Waals surface area contributed by atoms with Gasteiger partial charge in [-0.3, -0.25) is 5.10 Å². The lowest BCUT2D eigenvalue weighted by Crippen LogP contribution is -2.67. The minimum absolute atomic E-state index is 0. The Kier molecular flexibility index (Phi) is 6.06. The first-order valence-corrected chi connectivity index (χ1v) is 11.3. The number of rotatable bonds is 5. The van der Waals surface area contributed by atoms with E-state index in [-0.39, 0.29) is 24.8 Å². The van der Waals surface area contributed by atoms with Gasteiger partial charge in [-0.2, -0.15) is 5.10 Å². The smallest absolute Gasteiger partial charge is 0.163 e. The van der Waals surface area contributed by atoms with Crippen LogP contribution in [0.1, 0.15) is 30.9 Å². The van der Waals surface area contributed by atoms with Crippen molar-refractivity contribution in [3.05, 3.63) is 54.4 Å². The number of hydrogen-bond donors (Lipinski definition) is 3. The lowest BCUT2D eigenvalue weighted by atomic mass is 9.91. The number of aromatic nitrogens is 5. The van der Waals surface area contributed by atoms with Crippen LogP contribution < -0.4 is 15.5 Å². The van der Waals surface area contributed by atoms with Crippen molar-refractivity contribution in [1.82, 2.24) is 30.5 Å². The van der Waals surface area contributed by atoms with E-state index < -0.39 is 0 Å². The molecule has 0 spiro atoms. The standard InChI is InChI=1S/C24H24N8.2ClH/c1-2-4-19-18(3-1)24(28-21-10-20(30-31-21)14-5-6-14)29-23(27-19)15-7-8-22(25-11-15)32-12-16-9-17(13-32)26-16;;/h1-4,7-8,10-11,14,16-17,26H,5-6,9,12-13H2,(H2,27,28,29,30,31);2*1H. The van der Waals surface area contributed by atoms with E-state index >= 15 is 0 Å². The van der Waals surface area contributed by atoms with Crippen LogP contribution in [-0.4, -0.2) is 50.3 Å². The molecule has 3 N–H and O–H groups in total.